The molecular weight excluding hydrogens is 352 g/mol. The summed E-state index contributed by atoms with van der Waals surface area (Å²) < 4.78 is 11.5. The number of likely N-dealkylation sites (tertiary alicyclic amines) is 1. The van der Waals surface area contributed by atoms with Crippen molar-refractivity contribution >= 4 is 11.6 Å². The van der Waals surface area contributed by atoms with Crippen LogP contribution < -0.4 is 4.90 Å². The van der Waals surface area contributed by atoms with Gasteiger partial charge in [-0.25, -0.2) is 0 Å². The monoisotopic (exact) mass is 380 g/mol. The zero-order valence-electron chi connectivity index (χ0n) is 16.3. The van der Waals surface area contributed by atoms with Crippen molar-refractivity contribution in [1.29, 1.82) is 0 Å². The average Bonchev–Trinajstić information content (AvgIpc) is 3.20. The number of piperidine rings is 1. The molecule has 2 aliphatic heterocycles. The average molecular weight is 380 g/mol. The van der Waals surface area contributed by atoms with E-state index in [9.17, 15) is 4.79 Å². The highest BCUT2D eigenvalue weighted by Crippen LogP contribution is 2.31. The van der Waals surface area contributed by atoms with E-state index >= 15 is 0 Å². The summed E-state index contributed by atoms with van der Waals surface area (Å²) in [7, 11) is 0. The summed E-state index contributed by atoms with van der Waals surface area (Å²) in [4.78, 5) is 17.0. The predicted molar refractivity (Wildman–Crippen MR) is 109 cm³/mol. The molecule has 28 heavy (non-hydrogen) atoms. The molecule has 0 atom stereocenters. The fourth-order valence-electron chi connectivity index (χ4n) is 4.01. The zero-order chi connectivity index (χ0) is 19.2. The fraction of sp³-hybridized carbons (Fsp3) is 0.435. The standard InChI is InChI=1S/C23H28N2O3/c26-22(24-15-12-23(13-16-24)27-17-18-28-23)11-14-25(21-9-5-2-6-10-21)19-20-7-3-1-4-8-20/h1-10H,11-19H2. The Morgan fingerprint density at radius 1 is 0.929 bits per heavy atom. The molecule has 1 spiro atoms. The molecule has 2 aliphatic rings. The number of nitrogens with zero attached hydrogens (tertiary/aromatic N) is 2. The van der Waals surface area contributed by atoms with Gasteiger partial charge in [0.2, 0.25) is 5.91 Å². The molecule has 5 nitrogen and oxygen atoms in total. The molecule has 0 bridgehead atoms. The second-order valence-electron chi connectivity index (χ2n) is 7.48. The number of anilines is 1. The minimum absolute atomic E-state index is 0.210. The molecular formula is C23H28N2O3. The van der Waals surface area contributed by atoms with Gasteiger partial charge in [-0.05, 0) is 17.7 Å². The smallest absolute Gasteiger partial charge is 0.224 e. The van der Waals surface area contributed by atoms with Crippen LogP contribution in [0.1, 0.15) is 24.8 Å². The highest BCUT2D eigenvalue weighted by atomic mass is 16.7. The first-order valence-electron chi connectivity index (χ1n) is 10.1. The van der Waals surface area contributed by atoms with Crippen LogP contribution in [0, 0.1) is 0 Å². The lowest BCUT2D eigenvalue weighted by molar-refractivity contribution is -0.187. The van der Waals surface area contributed by atoms with E-state index in [1.54, 1.807) is 0 Å². The molecule has 2 fully saturated rings. The Morgan fingerprint density at radius 2 is 1.54 bits per heavy atom. The largest absolute Gasteiger partial charge is 0.367 e. The van der Waals surface area contributed by atoms with E-state index in [2.05, 4.69) is 41.3 Å². The van der Waals surface area contributed by atoms with Crippen LogP contribution in [0.5, 0.6) is 0 Å². The van der Waals surface area contributed by atoms with Crippen molar-refractivity contribution in [2.24, 2.45) is 0 Å². The lowest BCUT2D eigenvalue weighted by Gasteiger charge is -2.38. The van der Waals surface area contributed by atoms with Crippen LogP contribution in [0.25, 0.3) is 0 Å². The molecule has 2 heterocycles. The van der Waals surface area contributed by atoms with Gasteiger partial charge in [-0.15, -0.1) is 0 Å². The Hall–Kier alpha value is -2.37. The van der Waals surface area contributed by atoms with Crippen molar-refractivity contribution < 1.29 is 14.3 Å². The van der Waals surface area contributed by atoms with Gasteiger partial charge in [-0.3, -0.25) is 4.79 Å². The Labute approximate surface area is 166 Å². The Bertz CT molecular complexity index is 750. The van der Waals surface area contributed by atoms with E-state index < -0.39 is 5.79 Å². The van der Waals surface area contributed by atoms with Crippen molar-refractivity contribution in [3.63, 3.8) is 0 Å². The molecule has 0 aromatic heterocycles. The van der Waals surface area contributed by atoms with Crippen LogP contribution in [0.3, 0.4) is 0 Å². The highest BCUT2D eigenvalue weighted by Gasteiger charge is 2.40. The molecule has 2 aromatic carbocycles. The lowest BCUT2D eigenvalue weighted by atomic mass is 10.0. The van der Waals surface area contributed by atoms with Crippen molar-refractivity contribution in [3.05, 3.63) is 66.2 Å². The van der Waals surface area contributed by atoms with E-state index in [1.807, 2.05) is 29.2 Å². The van der Waals surface area contributed by atoms with Gasteiger partial charge in [0.25, 0.3) is 0 Å². The quantitative estimate of drug-likeness (QED) is 0.770. The van der Waals surface area contributed by atoms with Crippen molar-refractivity contribution in [2.45, 2.75) is 31.6 Å². The second kappa shape index (κ2) is 8.76. The number of hydrogen-bond acceptors (Lipinski definition) is 4. The summed E-state index contributed by atoms with van der Waals surface area (Å²) in [6, 6.07) is 20.7. The number of carbonyl (C=O) groups is 1. The summed E-state index contributed by atoms with van der Waals surface area (Å²) in [5.74, 6) is -0.220. The summed E-state index contributed by atoms with van der Waals surface area (Å²) >= 11 is 0. The second-order valence-corrected chi connectivity index (χ2v) is 7.48. The van der Waals surface area contributed by atoms with Crippen LogP contribution in [-0.4, -0.2) is 49.4 Å². The van der Waals surface area contributed by atoms with Gasteiger partial charge in [-0.2, -0.15) is 0 Å². The van der Waals surface area contributed by atoms with E-state index in [-0.39, 0.29) is 5.91 Å². The van der Waals surface area contributed by atoms with E-state index in [4.69, 9.17) is 9.47 Å². The molecule has 2 aromatic rings. The molecule has 2 saturated heterocycles. The van der Waals surface area contributed by atoms with Crippen LogP contribution in [0.4, 0.5) is 5.69 Å². The van der Waals surface area contributed by atoms with Crippen LogP contribution in [-0.2, 0) is 20.8 Å². The molecule has 148 valence electrons. The first-order valence-corrected chi connectivity index (χ1v) is 10.1. The Kier molecular flexibility index (Phi) is 5.93. The van der Waals surface area contributed by atoms with Gasteiger partial charge in [0.15, 0.2) is 5.79 Å². The van der Waals surface area contributed by atoms with Gasteiger partial charge in [0.05, 0.1) is 13.2 Å². The first kappa shape index (κ1) is 19.0. The zero-order valence-corrected chi connectivity index (χ0v) is 16.3. The maximum absolute atomic E-state index is 12.8. The van der Waals surface area contributed by atoms with Crippen LogP contribution in [0.2, 0.25) is 0 Å². The number of hydrogen-bond donors (Lipinski definition) is 0. The third-order valence-electron chi connectivity index (χ3n) is 5.62. The molecule has 0 N–H and O–H groups in total. The predicted octanol–water partition coefficient (Wildman–Crippen LogP) is 3.45. The molecule has 1 amide bonds. The SMILES string of the molecule is O=C(CCN(Cc1ccccc1)c1ccccc1)N1CCC2(CC1)OCCO2. The number of ether oxygens (including phenoxy) is 2. The van der Waals surface area contributed by atoms with E-state index in [0.717, 1.165) is 25.1 Å². The summed E-state index contributed by atoms with van der Waals surface area (Å²) in [6.45, 7) is 4.25. The number of rotatable bonds is 6. The molecule has 4 rings (SSSR count). The minimum atomic E-state index is -0.430. The molecule has 0 unspecified atom stereocenters. The topological polar surface area (TPSA) is 42.0 Å². The summed E-state index contributed by atoms with van der Waals surface area (Å²) in [5, 5.41) is 0. The first-order chi connectivity index (χ1) is 13.7. The normalized spacial score (nSPS) is 18.4. The number of amides is 1. The summed E-state index contributed by atoms with van der Waals surface area (Å²) in [6.07, 6.45) is 2.05. The van der Waals surface area contributed by atoms with E-state index in [1.165, 1.54) is 5.56 Å². The third kappa shape index (κ3) is 4.54. The number of para-hydroxylation sites is 1. The molecule has 5 heteroatoms. The van der Waals surface area contributed by atoms with Gasteiger partial charge in [0, 0.05) is 51.1 Å². The third-order valence-corrected chi connectivity index (χ3v) is 5.62. The van der Waals surface area contributed by atoms with E-state index in [0.29, 0.717) is 39.3 Å². The Balaban J connectivity index is 1.35. The van der Waals surface area contributed by atoms with Crippen LogP contribution >= 0.6 is 0 Å². The number of carbonyl (C=O) groups excluding carboxylic acids is 1. The molecule has 0 saturated carbocycles. The van der Waals surface area contributed by atoms with Crippen molar-refractivity contribution in [3.8, 4) is 0 Å². The highest BCUT2D eigenvalue weighted by molar-refractivity contribution is 5.77. The Morgan fingerprint density at radius 3 is 2.18 bits per heavy atom. The molecule has 0 aliphatic carbocycles. The fourth-order valence-corrected chi connectivity index (χ4v) is 4.01. The molecule has 0 radical (unpaired) electrons. The maximum atomic E-state index is 12.8. The van der Waals surface area contributed by atoms with Gasteiger partial charge in [-0.1, -0.05) is 48.5 Å². The summed E-state index contributed by atoms with van der Waals surface area (Å²) in [5.41, 5.74) is 2.39. The van der Waals surface area contributed by atoms with Crippen LogP contribution in [0.15, 0.2) is 60.7 Å². The van der Waals surface area contributed by atoms with Gasteiger partial charge >= 0.3 is 0 Å². The van der Waals surface area contributed by atoms with Crippen molar-refractivity contribution in [1.82, 2.24) is 4.90 Å². The number of benzene rings is 2. The minimum Gasteiger partial charge on any atom is -0.367 e. The van der Waals surface area contributed by atoms with Crippen molar-refractivity contribution in [2.75, 3.05) is 37.7 Å². The van der Waals surface area contributed by atoms with Gasteiger partial charge < -0.3 is 19.3 Å². The lowest BCUT2D eigenvalue weighted by Crippen LogP contribution is -2.47. The van der Waals surface area contributed by atoms with Gasteiger partial charge in [0.1, 0.15) is 0 Å². The maximum Gasteiger partial charge on any atom is 0.224 e.